The van der Waals surface area contributed by atoms with Gasteiger partial charge in [-0.1, -0.05) is 86.6 Å². The minimum Gasteiger partial charge on any atom is -0.478 e. The van der Waals surface area contributed by atoms with E-state index >= 15 is 0 Å². The van der Waals surface area contributed by atoms with Gasteiger partial charge in [0.2, 0.25) is 0 Å². The zero-order chi connectivity index (χ0) is 28.3. The van der Waals surface area contributed by atoms with E-state index in [1.165, 1.54) is 0 Å². The molecule has 0 aliphatic heterocycles. The normalized spacial score (nSPS) is 13.8. The topological polar surface area (TPSA) is 115 Å². The fraction of sp³-hybridized carbons (Fsp3) is 0.533. The molecule has 0 bridgehead atoms. The van der Waals surface area contributed by atoms with E-state index in [4.69, 9.17) is 10.2 Å². The number of carboxylic acid groups (broad SMARTS) is 2. The Balaban J connectivity index is 0.000000517. The summed E-state index contributed by atoms with van der Waals surface area (Å²) in [6.45, 7) is 18.3. The maximum atomic E-state index is 10.6. The van der Waals surface area contributed by atoms with Gasteiger partial charge in [-0.3, -0.25) is 0 Å². The van der Waals surface area contributed by atoms with Crippen LogP contribution in [-0.2, 0) is 10.8 Å². The van der Waals surface area contributed by atoms with Crippen LogP contribution in [0.25, 0.3) is 0 Å². The van der Waals surface area contributed by atoms with E-state index in [1.54, 1.807) is 24.3 Å². The summed E-state index contributed by atoms with van der Waals surface area (Å²) in [6, 6.07) is 14.0. The predicted molar refractivity (Wildman–Crippen MR) is 146 cm³/mol. The van der Waals surface area contributed by atoms with Gasteiger partial charge in [0.1, 0.15) is 0 Å². The Hall–Kier alpha value is -2.70. The van der Waals surface area contributed by atoms with Crippen LogP contribution in [0.3, 0.4) is 0 Å². The van der Waals surface area contributed by atoms with Gasteiger partial charge in [-0.2, -0.15) is 0 Å². The smallest absolute Gasteiger partial charge is 0.335 e. The summed E-state index contributed by atoms with van der Waals surface area (Å²) < 4.78 is 0. The van der Waals surface area contributed by atoms with Gasteiger partial charge in [-0.15, -0.1) is 0 Å². The third-order valence-electron chi connectivity index (χ3n) is 6.05. The maximum Gasteiger partial charge on any atom is 0.335 e. The molecule has 4 N–H and O–H groups in total. The molecular weight excluding hydrogens is 456 g/mol. The second kappa shape index (κ2) is 14.8. The molecule has 6 nitrogen and oxygen atoms in total. The third kappa shape index (κ3) is 11.8. The van der Waals surface area contributed by atoms with Crippen LogP contribution in [0, 0.1) is 5.92 Å². The van der Waals surface area contributed by atoms with Crippen LogP contribution in [-0.4, -0.2) is 44.6 Å². The lowest BCUT2D eigenvalue weighted by Gasteiger charge is -2.21. The van der Waals surface area contributed by atoms with Crippen molar-refractivity contribution in [3.05, 3.63) is 70.8 Å². The molecule has 0 spiro atoms. The van der Waals surface area contributed by atoms with Crippen LogP contribution in [0.5, 0.6) is 0 Å². The molecule has 0 aliphatic rings. The number of aromatic carboxylic acids is 2. The molecule has 2 atom stereocenters. The van der Waals surface area contributed by atoms with E-state index in [0.717, 1.165) is 24.0 Å². The van der Waals surface area contributed by atoms with Crippen LogP contribution in [0.15, 0.2) is 48.5 Å². The number of aliphatic hydroxyl groups excluding tert-OH is 2. The van der Waals surface area contributed by atoms with Gasteiger partial charge in [0.25, 0.3) is 0 Å². The molecule has 0 heterocycles. The summed E-state index contributed by atoms with van der Waals surface area (Å²) in [6.07, 6.45) is 0.737. The fourth-order valence-electron chi connectivity index (χ4n) is 3.23. The van der Waals surface area contributed by atoms with Crippen molar-refractivity contribution in [2.75, 3.05) is 0 Å². The highest BCUT2D eigenvalue weighted by Gasteiger charge is 2.19. The van der Waals surface area contributed by atoms with Crippen molar-refractivity contribution in [3.8, 4) is 0 Å². The Morgan fingerprint density at radius 2 is 0.889 bits per heavy atom. The molecule has 36 heavy (non-hydrogen) atoms. The van der Waals surface area contributed by atoms with E-state index in [1.807, 2.05) is 45.0 Å². The molecule has 0 fully saturated rings. The average Bonchev–Trinajstić information content (AvgIpc) is 2.82. The SMILES string of the molecule is CC(C)(C)c1ccc(C(=O)O)cc1.CC(C)(C)c1ccc(C(=O)O)cc1.CCC(O)C(C)C(O)CC. The molecule has 2 rings (SSSR count). The first kappa shape index (κ1) is 33.3. The van der Waals surface area contributed by atoms with Crippen molar-refractivity contribution in [1.29, 1.82) is 0 Å². The quantitative estimate of drug-likeness (QED) is 0.357. The Morgan fingerprint density at radius 1 is 0.639 bits per heavy atom. The number of carboxylic acids is 2. The Labute approximate surface area is 217 Å². The Morgan fingerprint density at radius 3 is 1.06 bits per heavy atom. The number of benzene rings is 2. The lowest BCUT2D eigenvalue weighted by atomic mass is 9.87. The molecular formula is C30H46O6. The molecule has 2 aromatic carbocycles. The van der Waals surface area contributed by atoms with E-state index in [9.17, 15) is 19.8 Å². The molecule has 0 saturated heterocycles. The second-order valence-electron chi connectivity index (χ2n) is 11.1. The largest absolute Gasteiger partial charge is 0.478 e. The van der Waals surface area contributed by atoms with Gasteiger partial charge in [0.05, 0.1) is 23.3 Å². The first-order valence-electron chi connectivity index (χ1n) is 12.5. The maximum absolute atomic E-state index is 10.6. The zero-order valence-electron chi connectivity index (χ0n) is 23.4. The molecule has 6 heteroatoms. The molecule has 0 aromatic heterocycles. The van der Waals surface area contributed by atoms with Crippen molar-refractivity contribution in [2.45, 2.75) is 98.2 Å². The standard InChI is InChI=1S/2C11H14O2.C8H18O2/c2*1-11(2,3)9-6-4-8(5-7-9)10(12)13;1-4-7(9)6(3)8(10)5-2/h2*4-7H,1-3H3,(H,12,13);6-10H,4-5H2,1-3H3. The van der Waals surface area contributed by atoms with Crippen molar-refractivity contribution < 1.29 is 30.0 Å². The van der Waals surface area contributed by atoms with Crippen LogP contribution < -0.4 is 0 Å². The highest BCUT2D eigenvalue weighted by Crippen LogP contribution is 2.23. The van der Waals surface area contributed by atoms with Crippen molar-refractivity contribution >= 4 is 11.9 Å². The zero-order valence-corrected chi connectivity index (χ0v) is 23.4. The van der Waals surface area contributed by atoms with Crippen molar-refractivity contribution in [1.82, 2.24) is 0 Å². The highest BCUT2D eigenvalue weighted by molar-refractivity contribution is 5.88. The van der Waals surface area contributed by atoms with Crippen LogP contribution >= 0.6 is 0 Å². The lowest BCUT2D eigenvalue weighted by molar-refractivity contribution is 0.0186. The summed E-state index contributed by atoms with van der Waals surface area (Å²) in [5.41, 5.74) is 3.14. The van der Waals surface area contributed by atoms with Gasteiger partial charge in [-0.25, -0.2) is 9.59 Å². The molecule has 0 amide bonds. The number of carbonyl (C=O) groups is 2. The van der Waals surface area contributed by atoms with E-state index in [0.29, 0.717) is 11.1 Å². The number of aliphatic hydroxyl groups is 2. The van der Waals surface area contributed by atoms with Crippen LogP contribution in [0.4, 0.5) is 0 Å². The number of rotatable bonds is 6. The van der Waals surface area contributed by atoms with E-state index in [2.05, 4.69) is 41.5 Å². The minimum atomic E-state index is -0.875. The predicted octanol–water partition coefficient (Wildman–Crippen LogP) is 6.53. The van der Waals surface area contributed by atoms with E-state index in [-0.39, 0.29) is 29.0 Å². The Kier molecular flexibility index (Phi) is 13.7. The monoisotopic (exact) mass is 502 g/mol. The summed E-state index contributed by atoms with van der Waals surface area (Å²) in [5.74, 6) is -1.74. The first-order valence-corrected chi connectivity index (χ1v) is 12.5. The molecule has 0 saturated carbocycles. The molecule has 2 aromatic rings. The van der Waals surface area contributed by atoms with Crippen molar-refractivity contribution in [2.24, 2.45) is 5.92 Å². The van der Waals surface area contributed by atoms with Crippen LogP contribution in [0.2, 0.25) is 0 Å². The Bertz CT molecular complexity index is 840. The summed E-state index contributed by atoms with van der Waals surface area (Å²) in [4.78, 5) is 21.1. The minimum absolute atomic E-state index is 0.00926. The van der Waals surface area contributed by atoms with Crippen molar-refractivity contribution in [3.63, 3.8) is 0 Å². The molecule has 2 unspecified atom stereocenters. The molecule has 202 valence electrons. The molecule has 0 radical (unpaired) electrons. The highest BCUT2D eigenvalue weighted by atomic mass is 16.4. The third-order valence-corrected chi connectivity index (χ3v) is 6.05. The van der Waals surface area contributed by atoms with Gasteiger partial charge in [-0.05, 0) is 59.1 Å². The number of hydrogen-bond acceptors (Lipinski definition) is 4. The van der Waals surface area contributed by atoms with Gasteiger partial charge >= 0.3 is 11.9 Å². The summed E-state index contributed by atoms with van der Waals surface area (Å²) >= 11 is 0. The van der Waals surface area contributed by atoms with E-state index < -0.39 is 11.9 Å². The summed E-state index contributed by atoms with van der Waals surface area (Å²) in [5, 5.41) is 35.9. The second-order valence-corrected chi connectivity index (χ2v) is 11.1. The van der Waals surface area contributed by atoms with Gasteiger partial charge < -0.3 is 20.4 Å². The van der Waals surface area contributed by atoms with Gasteiger partial charge in [0, 0.05) is 5.92 Å². The average molecular weight is 503 g/mol. The summed E-state index contributed by atoms with van der Waals surface area (Å²) in [7, 11) is 0. The number of hydrogen-bond donors (Lipinski definition) is 4. The van der Waals surface area contributed by atoms with Gasteiger partial charge in [0.15, 0.2) is 0 Å². The first-order chi connectivity index (χ1) is 16.4. The molecule has 0 aliphatic carbocycles. The fourth-order valence-corrected chi connectivity index (χ4v) is 3.23. The van der Waals surface area contributed by atoms with Crippen LogP contribution in [0.1, 0.15) is 107 Å². The lowest BCUT2D eigenvalue weighted by Crippen LogP contribution is -2.28.